The number of anilines is 1. The molecule has 3 rings (SSSR count). The number of aryl methyl sites for hydroxylation is 1. The van der Waals surface area contributed by atoms with E-state index in [9.17, 15) is 13.6 Å². The lowest BCUT2D eigenvalue weighted by Gasteiger charge is -2.17. The van der Waals surface area contributed by atoms with Crippen molar-refractivity contribution in [3.63, 3.8) is 0 Å². The number of halogens is 2. The van der Waals surface area contributed by atoms with E-state index in [-0.39, 0.29) is 17.7 Å². The molecule has 4 nitrogen and oxygen atoms in total. The molecular formula is C15H15F2N3O. The smallest absolute Gasteiger partial charge is 0.230 e. The van der Waals surface area contributed by atoms with E-state index in [0.29, 0.717) is 5.69 Å². The highest BCUT2D eigenvalue weighted by Crippen LogP contribution is 2.48. The monoisotopic (exact) mass is 291 g/mol. The molecule has 1 amide bonds. The van der Waals surface area contributed by atoms with Gasteiger partial charge in [0.05, 0.1) is 6.20 Å². The van der Waals surface area contributed by atoms with Gasteiger partial charge in [0.1, 0.15) is 0 Å². The molecule has 2 atom stereocenters. The minimum Gasteiger partial charge on any atom is -0.315 e. The predicted octanol–water partition coefficient (Wildman–Crippen LogP) is 2.46. The molecule has 0 radical (unpaired) electrons. The highest BCUT2D eigenvalue weighted by Gasteiger charge is 2.46. The Bertz CT molecular complexity index is 698. The van der Waals surface area contributed by atoms with Crippen LogP contribution in [0.5, 0.6) is 0 Å². The van der Waals surface area contributed by atoms with Gasteiger partial charge in [-0.15, -0.1) is 0 Å². The molecule has 0 spiro atoms. The molecule has 1 saturated carbocycles. The summed E-state index contributed by atoms with van der Waals surface area (Å²) < 4.78 is 27.9. The summed E-state index contributed by atoms with van der Waals surface area (Å²) >= 11 is 0. The molecule has 0 bridgehead atoms. The molecule has 0 unspecified atom stereocenters. The summed E-state index contributed by atoms with van der Waals surface area (Å²) in [5, 5.41) is 4.10. The normalized spacial score (nSPS) is 20.4. The Morgan fingerprint density at radius 3 is 2.76 bits per heavy atom. The van der Waals surface area contributed by atoms with Gasteiger partial charge in [0.15, 0.2) is 11.6 Å². The van der Waals surface area contributed by atoms with Crippen LogP contribution in [0.3, 0.4) is 0 Å². The first-order valence-corrected chi connectivity index (χ1v) is 6.68. The molecule has 110 valence electrons. The number of amides is 1. The van der Waals surface area contributed by atoms with Crippen LogP contribution >= 0.6 is 0 Å². The zero-order valence-corrected chi connectivity index (χ0v) is 11.8. The van der Waals surface area contributed by atoms with Gasteiger partial charge in [-0.25, -0.2) is 8.78 Å². The third-order valence-corrected chi connectivity index (χ3v) is 3.88. The first-order valence-electron chi connectivity index (χ1n) is 6.68. The Kier molecular flexibility index (Phi) is 3.23. The lowest BCUT2D eigenvalue weighted by atomic mass is 10.2. The second-order valence-electron chi connectivity index (χ2n) is 5.39. The second-order valence-corrected chi connectivity index (χ2v) is 5.39. The van der Waals surface area contributed by atoms with Crippen LogP contribution in [0, 0.1) is 17.6 Å². The Morgan fingerprint density at radius 1 is 1.38 bits per heavy atom. The number of nitrogens with zero attached hydrogens (tertiary/aromatic N) is 3. The van der Waals surface area contributed by atoms with Crippen LogP contribution in [0.2, 0.25) is 0 Å². The number of rotatable bonds is 3. The average Bonchev–Trinajstić information content (AvgIpc) is 3.15. The second kappa shape index (κ2) is 4.95. The molecule has 1 aliphatic carbocycles. The van der Waals surface area contributed by atoms with Crippen LogP contribution in [0.4, 0.5) is 14.5 Å². The van der Waals surface area contributed by atoms with Crippen molar-refractivity contribution in [2.45, 2.75) is 12.3 Å². The molecule has 0 aliphatic heterocycles. The number of benzene rings is 1. The first-order chi connectivity index (χ1) is 9.97. The maximum absolute atomic E-state index is 13.2. The Labute approximate surface area is 121 Å². The molecule has 0 saturated heterocycles. The van der Waals surface area contributed by atoms with Crippen molar-refractivity contribution < 1.29 is 13.6 Å². The third kappa shape index (κ3) is 2.53. The van der Waals surface area contributed by atoms with Gasteiger partial charge in [0.2, 0.25) is 5.91 Å². The number of hydrogen-bond donors (Lipinski definition) is 0. The van der Waals surface area contributed by atoms with E-state index >= 15 is 0 Å². The van der Waals surface area contributed by atoms with Crippen LogP contribution in [0.25, 0.3) is 0 Å². The summed E-state index contributed by atoms with van der Waals surface area (Å²) in [6, 6.07) is 3.46. The van der Waals surface area contributed by atoms with Gasteiger partial charge in [-0.05, 0) is 30.0 Å². The van der Waals surface area contributed by atoms with Crippen molar-refractivity contribution in [2.24, 2.45) is 13.0 Å². The fraction of sp³-hybridized carbons (Fsp3) is 0.333. The Balaban J connectivity index is 1.72. The Morgan fingerprint density at radius 2 is 2.14 bits per heavy atom. The van der Waals surface area contributed by atoms with Crippen LogP contribution in [-0.2, 0) is 11.8 Å². The van der Waals surface area contributed by atoms with E-state index in [4.69, 9.17) is 0 Å². The number of hydrogen-bond acceptors (Lipinski definition) is 2. The zero-order chi connectivity index (χ0) is 15.1. The van der Waals surface area contributed by atoms with E-state index in [2.05, 4.69) is 5.10 Å². The van der Waals surface area contributed by atoms with E-state index < -0.39 is 11.6 Å². The third-order valence-electron chi connectivity index (χ3n) is 3.88. The summed E-state index contributed by atoms with van der Waals surface area (Å²) in [5.74, 6) is -1.91. The van der Waals surface area contributed by atoms with Gasteiger partial charge in [0, 0.05) is 38.0 Å². The van der Waals surface area contributed by atoms with Crippen molar-refractivity contribution in [1.82, 2.24) is 9.78 Å². The average molecular weight is 291 g/mol. The van der Waals surface area contributed by atoms with E-state index in [1.165, 1.54) is 11.0 Å². The lowest BCUT2D eigenvalue weighted by Crippen LogP contribution is -2.28. The van der Waals surface area contributed by atoms with Crippen LogP contribution in [0.1, 0.15) is 17.9 Å². The Hall–Kier alpha value is -2.24. The van der Waals surface area contributed by atoms with Gasteiger partial charge < -0.3 is 4.90 Å². The van der Waals surface area contributed by atoms with Crippen molar-refractivity contribution in [3.05, 3.63) is 47.8 Å². The topological polar surface area (TPSA) is 38.1 Å². The summed E-state index contributed by atoms with van der Waals surface area (Å²) in [7, 11) is 3.41. The molecule has 1 heterocycles. The molecule has 6 heteroatoms. The van der Waals surface area contributed by atoms with E-state index in [1.807, 2.05) is 13.2 Å². The lowest BCUT2D eigenvalue weighted by molar-refractivity contribution is -0.119. The quantitative estimate of drug-likeness (QED) is 0.871. The van der Waals surface area contributed by atoms with Crippen molar-refractivity contribution in [2.75, 3.05) is 11.9 Å². The van der Waals surface area contributed by atoms with E-state index in [0.717, 1.165) is 24.1 Å². The minimum absolute atomic E-state index is 0.0881. The van der Waals surface area contributed by atoms with Crippen molar-refractivity contribution >= 4 is 11.6 Å². The highest BCUT2D eigenvalue weighted by atomic mass is 19.2. The SMILES string of the molecule is CN(C(=O)[C@H]1C[C@@H]1c1cnn(C)c1)c1ccc(F)c(F)c1. The molecule has 1 aromatic carbocycles. The number of carbonyl (C=O) groups is 1. The summed E-state index contributed by atoms with van der Waals surface area (Å²) in [4.78, 5) is 13.8. The van der Waals surface area contributed by atoms with Crippen LogP contribution in [0.15, 0.2) is 30.6 Å². The zero-order valence-electron chi connectivity index (χ0n) is 11.8. The standard InChI is InChI=1S/C15H15F2N3O/c1-19-8-9(7-18-19)11-6-12(11)15(21)20(2)10-3-4-13(16)14(17)5-10/h3-5,7-8,11-12H,6H2,1-2H3/t11-,12+/m1/s1. The molecular weight excluding hydrogens is 276 g/mol. The number of carbonyl (C=O) groups excluding carboxylic acids is 1. The highest BCUT2D eigenvalue weighted by molar-refractivity contribution is 5.97. The molecule has 0 N–H and O–H groups in total. The van der Waals surface area contributed by atoms with Crippen molar-refractivity contribution in [1.29, 1.82) is 0 Å². The number of aromatic nitrogens is 2. The van der Waals surface area contributed by atoms with Gasteiger partial charge in [-0.2, -0.15) is 5.10 Å². The molecule has 1 aliphatic rings. The first kappa shape index (κ1) is 13.7. The fourth-order valence-electron chi connectivity index (χ4n) is 2.54. The minimum atomic E-state index is -0.952. The maximum atomic E-state index is 13.2. The van der Waals surface area contributed by atoms with Gasteiger partial charge in [-0.1, -0.05) is 0 Å². The fourth-order valence-corrected chi connectivity index (χ4v) is 2.54. The molecule has 1 aromatic heterocycles. The molecule has 2 aromatic rings. The summed E-state index contributed by atoms with van der Waals surface area (Å²) in [5.41, 5.74) is 1.39. The van der Waals surface area contributed by atoms with Crippen molar-refractivity contribution in [3.8, 4) is 0 Å². The molecule has 1 fully saturated rings. The summed E-state index contributed by atoms with van der Waals surface area (Å²) in [6.07, 6.45) is 4.42. The van der Waals surface area contributed by atoms with E-state index in [1.54, 1.807) is 17.9 Å². The van der Waals surface area contributed by atoms with Gasteiger partial charge in [-0.3, -0.25) is 9.48 Å². The van der Waals surface area contributed by atoms with Gasteiger partial charge in [0.25, 0.3) is 0 Å². The van der Waals surface area contributed by atoms with Crippen LogP contribution in [-0.4, -0.2) is 22.7 Å². The largest absolute Gasteiger partial charge is 0.315 e. The van der Waals surface area contributed by atoms with Crippen LogP contribution < -0.4 is 4.90 Å². The summed E-state index contributed by atoms with van der Waals surface area (Å²) in [6.45, 7) is 0. The maximum Gasteiger partial charge on any atom is 0.230 e. The van der Waals surface area contributed by atoms with Gasteiger partial charge >= 0.3 is 0 Å². The molecule has 21 heavy (non-hydrogen) atoms. The predicted molar refractivity (Wildman–Crippen MR) is 73.8 cm³/mol.